The van der Waals surface area contributed by atoms with E-state index in [1.54, 1.807) is 26.0 Å². The lowest BCUT2D eigenvalue weighted by molar-refractivity contribution is -0.116. The van der Waals surface area contributed by atoms with Crippen LogP contribution in [0.1, 0.15) is 19.4 Å². The molecule has 3 rings (SSSR count). The zero-order valence-electron chi connectivity index (χ0n) is 18.3. The van der Waals surface area contributed by atoms with Crippen LogP contribution in [0, 0.1) is 5.82 Å². The SMILES string of the molecule is CCN1c2cc(OC)c(OC)cc2C(C)=C(C(=O)NCCOc2ccc(F)cc2)S1(=O)=O. The van der Waals surface area contributed by atoms with E-state index < -0.39 is 15.9 Å². The molecule has 8 nitrogen and oxygen atoms in total. The predicted molar refractivity (Wildman–Crippen MR) is 119 cm³/mol. The quantitative estimate of drug-likeness (QED) is 0.604. The number of anilines is 1. The summed E-state index contributed by atoms with van der Waals surface area (Å²) in [6, 6.07) is 8.70. The smallest absolute Gasteiger partial charge is 0.270 e. The van der Waals surface area contributed by atoms with Gasteiger partial charge >= 0.3 is 0 Å². The van der Waals surface area contributed by atoms with Crippen molar-refractivity contribution in [3.8, 4) is 17.2 Å². The Labute approximate surface area is 186 Å². The summed E-state index contributed by atoms with van der Waals surface area (Å²) in [5.41, 5.74) is 1.29. The molecule has 0 atom stereocenters. The zero-order chi connectivity index (χ0) is 23.5. The fraction of sp³-hybridized carbons (Fsp3) is 0.318. The number of hydrogen-bond donors (Lipinski definition) is 1. The first kappa shape index (κ1) is 23.4. The topological polar surface area (TPSA) is 94.2 Å². The van der Waals surface area contributed by atoms with Crippen LogP contribution < -0.4 is 23.8 Å². The molecule has 2 aromatic rings. The van der Waals surface area contributed by atoms with Crippen LogP contribution in [-0.4, -0.2) is 48.2 Å². The number of amides is 1. The van der Waals surface area contributed by atoms with Gasteiger partial charge in [0.05, 0.1) is 26.5 Å². The standard InChI is InChI=1S/C22H25FN2O6S/c1-5-25-18-13-20(30-4)19(29-3)12-17(18)14(2)21(32(25,27)28)22(26)24-10-11-31-16-8-6-15(23)7-9-16/h6-9,12-13H,5,10-11H2,1-4H3,(H,24,26). The van der Waals surface area contributed by atoms with E-state index in [4.69, 9.17) is 14.2 Å². The van der Waals surface area contributed by atoms with E-state index in [-0.39, 0.29) is 30.4 Å². The fourth-order valence-electron chi connectivity index (χ4n) is 3.50. The largest absolute Gasteiger partial charge is 0.493 e. The molecular formula is C22H25FN2O6S. The summed E-state index contributed by atoms with van der Waals surface area (Å²) >= 11 is 0. The summed E-state index contributed by atoms with van der Waals surface area (Å²) in [6.07, 6.45) is 0. The maximum absolute atomic E-state index is 13.3. The van der Waals surface area contributed by atoms with E-state index in [0.29, 0.717) is 34.1 Å². The van der Waals surface area contributed by atoms with E-state index in [2.05, 4.69) is 5.32 Å². The van der Waals surface area contributed by atoms with Crippen LogP contribution >= 0.6 is 0 Å². The number of fused-ring (bicyclic) bond motifs is 1. The maximum atomic E-state index is 13.3. The highest BCUT2D eigenvalue weighted by Gasteiger charge is 2.39. The second-order valence-electron chi connectivity index (χ2n) is 6.91. The van der Waals surface area contributed by atoms with Gasteiger partial charge in [-0.1, -0.05) is 0 Å². The third kappa shape index (κ3) is 4.36. The monoisotopic (exact) mass is 464 g/mol. The summed E-state index contributed by atoms with van der Waals surface area (Å²) in [7, 11) is -1.15. The maximum Gasteiger partial charge on any atom is 0.270 e. The highest BCUT2D eigenvalue weighted by Crippen LogP contribution is 2.44. The molecule has 0 unspecified atom stereocenters. The predicted octanol–water partition coefficient (Wildman–Crippen LogP) is 2.94. The highest BCUT2D eigenvalue weighted by atomic mass is 32.2. The number of allylic oxidation sites excluding steroid dienone is 1. The van der Waals surface area contributed by atoms with Crippen LogP contribution in [0.15, 0.2) is 41.3 Å². The molecule has 10 heteroatoms. The average Bonchev–Trinajstić information content (AvgIpc) is 2.77. The number of methoxy groups -OCH3 is 2. The summed E-state index contributed by atoms with van der Waals surface area (Å²) in [4.78, 5) is 12.6. The molecule has 1 aliphatic rings. The van der Waals surface area contributed by atoms with E-state index in [0.717, 1.165) is 0 Å². The number of nitrogens with one attached hydrogen (secondary N) is 1. The molecule has 0 spiro atoms. The molecule has 0 bridgehead atoms. The first-order valence-corrected chi connectivity index (χ1v) is 11.3. The van der Waals surface area contributed by atoms with Crippen molar-refractivity contribution in [2.45, 2.75) is 13.8 Å². The number of benzene rings is 2. The molecule has 0 saturated carbocycles. The third-order valence-corrected chi connectivity index (χ3v) is 7.07. The minimum Gasteiger partial charge on any atom is -0.493 e. The average molecular weight is 465 g/mol. The number of sulfonamides is 1. The molecule has 1 aliphatic heterocycles. The molecule has 0 saturated heterocycles. The minimum absolute atomic E-state index is 0.0629. The lowest BCUT2D eigenvalue weighted by Crippen LogP contribution is -2.41. The normalized spacial score (nSPS) is 14.6. The van der Waals surface area contributed by atoms with Gasteiger partial charge in [-0.25, -0.2) is 12.8 Å². The van der Waals surface area contributed by atoms with Gasteiger partial charge in [0.2, 0.25) is 0 Å². The van der Waals surface area contributed by atoms with Crippen molar-refractivity contribution < 1.29 is 31.8 Å². The number of carbonyl (C=O) groups excluding carboxylic acids is 1. The molecular weight excluding hydrogens is 439 g/mol. The second kappa shape index (κ2) is 9.47. The lowest BCUT2D eigenvalue weighted by Gasteiger charge is -2.32. The van der Waals surface area contributed by atoms with Crippen LogP contribution in [0.4, 0.5) is 10.1 Å². The number of carbonyl (C=O) groups is 1. The number of nitrogens with zero attached hydrogens (tertiary/aromatic N) is 1. The first-order chi connectivity index (χ1) is 15.2. The molecule has 0 radical (unpaired) electrons. The fourth-order valence-corrected chi connectivity index (χ4v) is 5.28. The van der Waals surface area contributed by atoms with Crippen molar-refractivity contribution in [3.63, 3.8) is 0 Å². The zero-order valence-corrected chi connectivity index (χ0v) is 19.1. The van der Waals surface area contributed by atoms with Crippen molar-refractivity contribution in [1.82, 2.24) is 5.32 Å². The van der Waals surface area contributed by atoms with Gasteiger partial charge in [0, 0.05) is 18.2 Å². The number of ether oxygens (including phenoxy) is 3. The molecule has 1 N–H and O–H groups in total. The van der Waals surface area contributed by atoms with Crippen LogP contribution in [0.2, 0.25) is 0 Å². The van der Waals surface area contributed by atoms with E-state index in [1.165, 1.54) is 42.8 Å². The summed E-state index contributed by atoms with van der Waals surface area (Å²) in [5.74, 6) is 0.134. The van der Waals surface area contributed by atoms with Crippen LogP contribution in [0.5, 0.6) is 17.2 Å². The van der Waals surface area contributed by atoms with Gasteiger partial charge in [-0.15, -0.1) is 0 Å². The van der Waals surface area contributed by atoms with E-state index in [9.17, 15) is 17.6 Å². The Balaban J connectivity index is 1.86. The molecule has 0 aliphatic carbocycles. The minimum atomic E-state index is -4.09. The van der Waals surface area contributed by atoms with Gasteiger partial charge in [0.1, 0.15) is 18.2 Å². The summed E-state index contributed by atoms with van der Waals surface area (Å²) in [6.45, 7) is 3.54. The van der Waals surface area contributed by atoms with Crippen molar-refractivity contribution >= 4 is 27.2 Å². The van der Waals surface area contributed by atoms with Crippen molar-refractivity contribution in [2.24, 2.45) is 0 Å². The Bertz CT molecular complexity index is 1150. The second-order valence-corrected chi connectivity index (χ2v) is 8.71. The first-order valence-electron chi connectivity index (χ1n) is 9.91. The molecule has 32 heavy (non-hydrogen) atoms. The molecule has 0 fully saturated rings. The van der Waals surface area contributed by atoms with Crippen LogP contribution in [-0.2, 0) is 14.8 Å². The Kier molecular flexibility index (Phi) is 6.93. The Morgan fingerprint density at radius 3 is 2.31 bits per heavy atom. The lowest BCUT2D eigenvalue weighted by atomic mass is 10.0. The third-order valence-electron chi connectivity index (χ3n) is 5.03. The van der Waals surface area contributed by atoms with Crippen molar-refractivity contribution in [1.29, 1.82) is 0 Å². The van der Waals surface area contributed by atoms with Crippen LogP contribution in [0.3, 0.4) is 0 Å². The number of halogens is 1. The molecule has 1 amide bonds. The van der Waals surface area contributed by atoms with Crippen molar-refractivity contribution in [2.75, 3.05) is 38.2 Å². The molecule has 172 valence electrons. The van der Waals surface area contributed by atoms with Gasteiger partial charge in [-0.2, -0.15) is 0 Å². The van der Waals surface area contributed by atoms with Gasteiger partial charge in [-0.3, -0.25) is 9.10 Å². The van der Waals surface area contributed by atoms with Gasteiger partial charge in [-0.05, 0) is 49.8 Å². The van der Waals surface area contributed by atoms with Crippen molar-refractivity contribution in [3.05, 3.63) is 52.7 Å². The highest BCUT2D eigenvalue weighted by molar-refractivity contribution is 7.97. The molecule has 1 heterocycles. The van der Waals surface area contributed by atoms with Gasteiger partial charge in [0.15, 0.2) is 16.4 Å². The Morgan fingerprint density at radius 2 is 1.72 bits per heavy atom. The molecule has 2 aromatic carbocycles. The Hall–Kier alpha value is -3.27. The number of rotatable bonds is 8. The Morgan fingerprint density at radius 1 is 1.09 bits per heavy atom. The van der Waals surface area contributed by atoms with E-state index >= 15 is 0 Å². The molecule has 0 aromatic heterocycles. The van der Waals surface area contributed by atoms with Crippen LogP contribution in [0.25, 0.3) is 5.57 Å². The van der Waals surface area contributed by atoms with Gasteiger partial charge in [0.25, 0.3) is 15.9 Å². The van der Waals surface area contributed by atoms with Gasteiger partial charge < -0.3 is 19.5 Å². The summed E-state index contributed by atoms with van der Waals surface area (Å²) in [5, 5.41) is 2.59. The van der Waals surface area contributed by atoms with E-state index in [1.807, 2.05) is 0 Å². The number of hydrogen-bond acceptors (Lipinski definition) is 6. The summed E-state index contributed by atoms with van der Waals surface area (Å²) < 4.78 is 56.8.